The lowest BCUT2D eigenvalue weighted by Gasteiger charge is -2.22. The van der Waals surface area contributed by atoms with Gasteiger partial charge in [-0.05, 0) is 50.5 Å². The highest BCUT2D eigenvalue weighted by Gasteiger charge is 2.24. The van der Waals surface area contributed by atoms with Gasteiger partial charge in [0.1, 0.15) is 0 Å². The molecule has 1 fully saturated rings. The third-order valence-electron chi connectivity index (χ3n) is 5.54. The molecule has 0 aliphatic heterocycles. The molecule has 4 rings (SSSR count). The smallest absolute Gasteiger partial charge is 0.287 e. The molecule has 0 radical (unpaired) electrons. The molecule has 6 heteroatoms. The second-order valence-electron chi connectivity index (χ2n) is 7.82. The van der Waals surface area contributed by atoms with Crippen LogP contribution >= 0.6 is 0 Å². The number of aryl methyl sites for hydroxylation is 2. The van der Waals surface area contributed by atoms with E-state index in [0.29, 0.717) is 5.52 Å². The maximum absolute atomic E-state index is 13.0. The number of pyridine rings is 1. The molecule has 1 aromatic carbocycles. The van der Waals surface area contributed by atoms with Gasteiger partial charge in [0.25, 0.3) is 11.8 Å². The van der Waals surface area contributed by atoms with Crippen LogP contribution in [0.25, 0.3) is 5.52 Å². The molecule has 0 unspecified atom stereocenters. The summed E-state index contributed by atoms with van der Waals surface area (Å²) >= 11 is 0. The molecule has 2 aromatic heterocycles. The van der Waals surface area contributed by atoms with Gasteiger partial charge < -0.3 is 10.6 Å². The summed E-state index contributed by atoms with van der Waals surface area (Å²) in [7, 11) is 0. The van der Waals surface area contributed by atoms with Gasteiger partial charge in [0.2, 0.25) is 5.82 Å². The third kappa shape index (κ3) is 4.01. The van der Waals surface area contributed by atoms with Crippen molar-refractivity contribution in [3.8, 4) is 0 Å². The second-order valence-corrected chi connectivity index (χ2v) is 7.82. The largest absolute Gasteiger partial charge is 0.347 e. The Kier molecular flexibility index (Phi) is 5.34. The maximum Gasteiger partial charge on any atom is 0.287 e. The number of imidazole rings is 1. The van der Waals surface area contributed by atoms with Gasteiger partial charge >= 0.3 is 0 Å². The molecule has 2 amide bonds. The maximum atomic E-state index is 13.0. The summed E-state index contributed by atoms with van der Waals surface area (Å²) in [5.41, 5.74) is 3.72. The first-order valence-electron chi connectivity index (χ1n) is 10.2. The van der Waals surface area contributed by atoms with Gasteiger partial charge in [-0.3, -0.25) is 14.0 Å². The zero-order valence-electron chi connectivity index (χ0n) is 16.9. The molecule has 150 valence electrons. The summed E-state index contributed by atoms with van der Waals surface area (Å²) in [5, 5.41) is 6.02. The van der Waals surface area contributed by atoms with Gasteiger partial charge in [0.05, 0.1) is 5.52 Å². The monoisotopic (exact) mass is 390 g/mol. The zero-order chi connectivity index (χ0) is 20.4. The van der Waals surface area contributed by atoms with E-state index in [-0.39, 0.29) is 29.4 Å². The Bertz CT molecular complexity index is 1060. The Morgan fingerprint density at radius 3 is 2.59 bits per heavy atom. The fourth-order valence-corrected chi connectivity index (χ4v) is 4.00. The standard InChI is InChI=1S/C23H26N4O2/c1-15-11-12-18(16(2)14-15)25-22(28)20-19-10-6-7-13-27(19)21(26-20)23(29)24-17-8-4-3-5-9-17/h6-7,10-14,17H,3-5,8-9H2,1-2H3,(H,24,29)(H,25,28). The molecule has 0 saturated heterocycles. The van der Waals surface area contributed by atoms with Crippen molar-refractivity contribution in [2.75, 3.05) is 5.32 Å². The highest BCUT2D eigenvalue weighted by molar-refractivity contribution is 6.09. The summed E-state index contributed by atoms with van der Waals surface area (Å²) < 4.78 is 1.69. The van der Waals surface area contributed by atoms with Crippen LogP contribution in [0.5, 0.6) is 0 Å². The number of carbonyl (C=O) groups is 2. The molecular weight excluding hydrogens is 364 g/mol. The van der Waals surface area contributed by atoms with Crippen molar-refractivity contribution in [3.05, 3.63) is 65.2 Å². The fourth-order valence-electron chi connectivity index (χ4n) is 4.00. The molecule has 1 aliphatic carbocycles. The van der Waals surface area contributed by atoms with E-state index in [2.05, 4.69) is 15.6 Å². The third-order valence-corrected chi connectivity index (χ3v) is 5.54. The van der Waals surface area contributed by atoms with Crippen molar-refractivity contribution >= 4 is 23.0 Å². The summed E-state index contributed by atoms with van der Waals surface area (Å²) in [6.07, 6.45) is 7.26. The summed E-state index contributed by atoms with van der Waals surface area (Å²) in [6, 6.07) is 11.5. The van der Waals surface area contributed by atoms with Crippen molar-refractivity contribution < 1.29 is 9.59 Å². The van der Waals surface area contributed by atoms with E-state index in [4.69, 9.17) is 0 Å². The lowest BCUT2D eigenvalue weighted by atomic mass is 9.95. The minimum absolute atomic E-state index is 0.180. The number of anilines is 1. The molecule has 0 spiro atoms. The average molecular weight is 390 g/mol. The number of amides is 2. The van der Waals surface area contributed by atoms with E-state index in [1.807, 2.05) is 44.2 Å². The molecule has 2 N–H and O–H groups in total. The van der Waals surface area contributed by atoms with Gasteiger partial charge in [0.15, 0.2) is 5.69 Å². The number of fused-ring (bicyclic) bond motifs is 1. The molecule has 1 aliphatic rings. The van der Waals surface area contributed by atoms with Crippen molar-refractivity contribution in [1.82, 2.24) is 14.7 Å². The van der Waals surface area contributed by atoms with Crippen LogP contribution in [0.15, 0.2) is 42.6 Å². The first kappa shape index (κ1) is 19.2. The predicted molar refractivity (Wildman–Crippen MR) is 113 cm³/mol. The molecule has 6 nitrogen and oxygen atoms in total. The average Bonchev–Trinajstić information content (AvgIpc) is 3.11. The van der Waals surface area contributed by atoms with Crippen LogP contribution in [0, 0.1) is 13.8 Å². The van der Waals surface area contributed by atoms with E-state index in [9.17, 15) is 9.59 Å². The molecule has 0 bridgehead atoms. The van der Waals surface area contributed by atoms with Gasteiger partial charge in [-0.15, -0.1) is 0 Å². The van der Waals surface area contributed by atoms with Gasteiger partial charge in [-0.25, -0.2) is 4.98 Å². The van der Waals surface area contributed by atoms with Crippen LogP contribution in [0.3, 0.4) is 0 Å². The SMILES string of the molecule is Cc1ccc(NC(=O)c2nc(C(=O)NC3CCCCC3)n3ccccc23)c(C)c1. The molecule has 29 heavy (non-hydrogen) atoms. The molecule has 3 aromatic rings. The Labute approximate surface area is 170 Å². The Morgan fingerprint density at radius 2 is 1.83 bits per heavy atom. The minimum Gasteiger partial charge on any atom is -0.347 e. The quantitative estimate of drug-likeness (QED) is 0.699. The van der Waals surface area contributed by atoms with E-state index < -0.39 is 0 Å². The lowest BCUT2D eigenvalue weighted by molar-refractivity contribution is 0.0916. The van der Waals surface area contributed by atoms with Crippen LogP contribution in [0.1, 0.15) is 64.3 Å². The van der Waals surface area contributed by atoms with Crippen molar-refractivity contribution in [1.29, 1.82) is 0 Å². The number of benzene rings is 1. The summed E-state index contributed by atoms with van der Waals surface area (Å²) in [5.74, 6) is -0.307. The van der Waals surface area contributed by atoms with Gasteiger partial charge in [-0.1, -0.05) is 43.0 Å². The van der Waals surface area contributed by atoms with Gasteiger partial charge in [0, 0.05) is 17.9 Å². The predicted octanol–water partition coefficient (Wildman–Crippen LogP) is 4.27. The second kappa shape index (κ2) is 8.07. The first-order chi connectivity index (χ1) is 14.0. The highest BCUT2D eigenvalue weighted by Crippen LogP contribution is 2.21. The number of aromatic nitrogens is 2. The normalized spacial score (nSPS) is 14.7. The number of hydrogen-bond acceptors (Lipinski definition) is 3. The van der Waals surface area contributed by atoms with Crippen molar-refractivity contribution in [3.63, 3.8) is 0 Å². The minimum atomic E-state index is -0.322. The molecule has 1 saturated carbocycles. The van der Waals surface area contributed by atoms with E-state index >= 15 is 0 Å². The lowest BCUT2D eigenvalue weighted by Crippen LogP contribution is -2.37. The number of carbonyl (C=O) groups excluding carboxylic acids is 2. The van der Waals surface area contributed by atoms with Crippen molar-refractivity contribution in [2.24, 2.45) is 0 Å². The van der Waals surface area contributed by atoms with E-state index in [1.165, 1.54) is 6.42 Å². The Morgan fingerprint density at radius 1 is 1.03 bits per heavy atom. The van der Waals surface area contributed by atoms with E-state index in [0.717, 1.165) is 42.5 Å². The van der Waals surface area contributed by atoms with Crippen molar-refractivity contribution in [2.45, 2.75) is 52.0 Å². The summed E-state index contributed by atoms with van der Waals surface area (Å²) in [6.45, 7) is 3.97. The Balaban J connectivity index is 1.63. The van der Waals surface area contributed by atoms with Crippen LogP contribution in [-0.4, -0.2) is 27.2 Å². The Hall–Kier alpha value is -3.15. The van der Waals surface area contributed by atoms with Crippen LogP contribution in [0.2, 0.25) is 0 Å². The number of rotatable bonds is 4. The first-order valence-corrected chi connectivity index (χ1v) is 10.2. The van der Waals surface area contributed by atoms with Crippen LogP contribution < -0.4 is 10.6 Å². The highest BCUT2D eigenvalue weighted by atomic mass is 16.2. The fraction of sp³-hybridized carbons (Fsp3) is 0.348. The summed E-state index contributed by atoms with van der Waals surface area (Å²) in [4.78, 5) is 30.3. The number of nitrogens with zero attached hydrogens (tertiary/aromatic N) is 2. The van der Waals surface area contributed by atoms with Crippen LogP contribution in [0.4, 0.5) is 5.69 Å². The van der Waals surface area contributed by atoms with Crippen LogP contribution in [-0.2, 0) is 0 Å². The zero-order valence-corrected chi connectivity index (χ0v) is 16.9. The van der Waals surface area contributed by atoms with Gasteiger partial charge in [-0.2, -0.15) is 0 Å². The topological polar surface area (TPSA) is 75.5 Å². The molecule has 2 heterocycles. The van der Waals surface area contributed by atoms with E-state index in [1.54, 1.807) is 16.7 Å². The number of nitrogens with one attached hydrogen (secondary N) is 2. The molecular formula is C23H26N4O2. The molecule has 0 atom stereocenters. The number of hydrogen-bond donors (Lipinski definition) is 2.